The third-order valence-electron chi connectivity index (χ3n) is 6.21. The zero-order valence-electron chi connectivity index (χ0n) is 17.5. The van der Waals surface area contributed by atoms with E-state index in [1.165, 1.54) is 10.6 Å². The molecule has 0 unspecified atom stereocenters. The van der Waals surface area contributed by atoms with Gasteiger partial charge in [-0.1, -0.05) is 0 Å². The first-order valence-corrected chi connectivity index (χ1v) is 10.5. The minimum atomic E-state index is -0.806. The van der Waals surface area contributed by atoms with Crippen LogP contribution in [0, 0.1) is 0 Å². The highest BCUT2D eigenvalue weighted by molar-refractivity contribution is 5.99. The molecule has 0 aromatic carbocycles. The molecule has 0 radical (unpaired) electrons. The Morgan fingerprint density at radius 3 is 2.67 bits per heavy atom. The smallest absolute Gasteiger partial charge is 0.265 e. The van der Waals surface area contributed by atoms with Gasteiger partial charge in [-0.2, -0.15) is 0 Å². The number of anilines is 1. The standard InChI is InChI=1S/C21H28N6O3/c1-3-25(4-2)17(28)12-27-19-14(11-15(18(22)29)20(27)30)16(5-8-23-19)26-10-9-24-21(13-26)6-7-21/h5,8,11,24H,3-4,6-7,9-10,12-13H2,1-2H3,(H2,22,29). The van der Waals surface area contributed by atoms with Crippen LogP contribution in [0.1, 0.15) is 37.0 Å². The van der Waals surface area contributed by atoms with Crippen molar-refractivity contribution in [2.24, 2.45) is 5.73 Å². The number of carbonyl (C=O) groups excluding carboxylic acids is 2. The van der Waals surface area contributed by atoms with Crippen LogP contribution in [-0.2, 0) is 11.3 Å². The highest BCUT2D eigenvalue weighted by Crippen LogP contribution is 2.39. The Kier molecular flexibility index (Phi) is 5.23. The second-order valence-corrected chi connectivity index (χ2v) is 8.08. The summed E-state index contributed by atoms with van der Waals surface area (Å²) in [6, 6.07) is 3.43. The second-order valence-electron chi connectivity index (χ2n) is 8.08. The predicted molar refractivity (Wildman–Crippen MR) is 115 cm³/mol. The number of amides is 2. The molecular formula is C21H28N6O3. The Balaban J connectivity index is 1.84. The van der Waals surface area contributed by atoms with Gasteiger partial charge in [0.1, 0.15) is 17.8 Å². The lowest BCUT2D eigenvalue weighted by molar-refractivity contribution is -0.131. The van der Waals surface area contributed by atoms with Crippen molar-refractivity contribution in [3.63, 3.8) is 0 Å². The number of primary amides is 1. The molecule has 2 aromatic rings. The number of rotatable bonds is 6. The molecule has 2 amide bonds. The van der Waals surface area contributed by atoms with Crippen LogP contribution in [0.2, 0.25) is 0 Å². The minimum Gasteiger partial charge on any atom is -0.368 e. The molecule has 1 aliphatic carbocycles. The van der Waals surface area contributed by atoms with Crippen LogP contribution >= 0.6 is 0 Å². The summed E-state index contributed by atoms with van der Waals surface area (Å²) in [7, 11) is 0. The molecule has 1 aliphatic heterocycles. The lowest BCUT2D eigenvalue weighted by atomic mass is 10.1. The fraction of sp³-hybridized carbons (Fsp3) is 0.524. The predicted octanol–water partition coefficient (Wildman–Crippen LogP) is 0.306. The molecule has 3 N–H and O–H groups in total. The third kappa shape index (κ3) is 3.54. The number of fused-ring (bicyclic) bond motifs is 1. The van der Waals surface area contributed by atoms with Crippen LogP contribution in [0.5, 0.6) is 0 Å². The van der Waals surface area contributed by atoms with E-state index in [-0.39, 0.29) is 23.6 Å². The van der Waals surface area contributed by atoms with Crippen LogP contribution in [0.25, 0.3) is 11.0 Å². The lowest BCUT2D eigenvalue weighted by Gasteiger charge is -2.36. The molecule has 9 heteroatoms. The van der Waals surface area contributed by atoms with Gasteiger partial charge in [-0.05, 0) is 38.8 Å². The van der Waals surface area contributed by atoms with Crippen LogP contribution < -0.4 is 21.5 Å². The van der Waals surface area contributed by atoms with Crippen molar-refractivity contribution in [1.29, 1.82) is 0 Å². The third-order valence-corrected chi connectivity index (χ3v) is 6.21. The average Bonchev–Trinajstić information content (AvgIpc) is 3.48. The quantitative estimate of drug-likeness (QED) is 0.706. The van der Waals surface area contributed by atoms with Crippen molar-refractivity contribution in [2.45, 2.75) is 38.8 Å². The number of hydrogen-bond acceptors (Lipinski definition) is 6. The first-order valence-electron chi connectivity index (χ1n) is 10.5. The van der Waals surface area contributed by atoms with Gasteiger partial charge in [0.2, 0.25) is 5.91 Å². The Morgan fingerprint density at radius 2 is 2.03 bits per heavy atom. The van der Waals surface area contributed by atoms with Crippen LogP contribution in [0.3, 0.4) is 0 Å². The van der Waals surface area contributed by atoms with Crippen molar-refractivity contribution >= 4 is 28.5 Å². The summed E-state index contributed by atoms with van der Waals surface area (Å²) < 4.78 is 1.29. The fourth-order valence-corrected chi connectivity index (χ4v) is 4.31. The molecule has 2 aliphatic rings. The van der Waals surface area contributed by atoms with E-state index in [9.17, 15) is 14.4 Å². The molecule has 0 bridgehead atoms. The molecule has 1 saturated carbocycles. The molecular weight excluding hydrogens is 384 g/mol. The monoisotopic (exact) mass is 412 g/mol. The van der Waals surface area contributed by atoms with Crippen molar-refractivity contribution < 1.29 is 9.59 Å². The molecule has 3 heterocycles. The number of likely N-dealkylation sites (N-methyl/N-ethyl adjacent to an activating group) is 1. The number of piperazine rings is 1. The van der Waals surface area contributed by atoms with E-state index < -0.39 is 11.5 Å². The Morgan fingerprint density at radius 1 is 1.30 bits per heavy atom. The summed E-state index contributed by atoms with van der Waals surface area (Å²) in [6.07, 6.45) is 3.94. The van der Waals surface area contributed by atoms with E-state index in [1.54, 1.807) is 11.1 Å². The fourth-order valence-electron chi connectivity index (χ4n) is 4.31. The number of nitrogens with one attached hydrogen (secondary N) is 1. The summed E-state index contributed by atoms with van der Waals surface area (Å²) in [5, 5.41) is 4.24. The highest BCUT2D eigenvalue weighted by atomic mass is 16.2. The SMILES string of the molecule is CCN(CC)C(=O)Cn1c(=O)c(C(N)=O)cc2c(N3CCNC4(CC4)C3)ccnc21. The van der Waals surface area contributed by atoms with Gasteiger partial charge >= 0.3 is 0 Å². The Labute approximate surface area is 174 Å². The highest BCUT2D eigenvalue weighted by Gasteiger charge is 2.45. The van der Waals surface area contributed by atoms with E-state index in [0.717, 1.165) is 38.2 Å². The van der Waals surface area contributed by atoms with Crippen LogP contribution in [0.4, 0.5) is 5.69 Å². The minimum absolute atomic E-state index is 0.125. The van der Waals surface area contributed by atoms with Crippen molar-refractivity contribution in [1.82, 2.24) is 19.8 Å². The first-order chi connectivity index (χ1) is 14.4. The molecule has 160 valence electrons. The normalized spacial score (nSPS) is 17.3. The number of nitrogens with two attached hydrogens (primary N) is 1. The second kappa shape index (κ2) is 7.71. The summed E-state index contributed by atoms with van der Waals surface area (Å²) in [5.41, 5.74) is 6.26. The number of nitrogens with zero attached hydrogens (tertiary/aromatic N) is 4. The van der Waals surface area contributed by atoms with Gasteiger partial charge in [0.15, 0.2) is 0 Å². The number of hydrogen-bond donors (Lipinski definition) is 2. The zero-order chi connectivity index (χ0) is 21.5. The number of carbonyl (C=O) groups is 2. The lowest BCUT2D eigenvalue weighted by Crippen LogP contribution is -2.52. The van der Waals surface area contributed by atoms with Crippen molar-refractivity contribution in [3.05, 3.63) is 34.2 Å². The van der Waals surface area contributed by atoms with E-state index in [2.05, 4.69) is 15.2 Å². The van der Waals surface area contributed by atoms with Gasteiger partial charge in [-0.15, -0.1) is 0 Å². The number of aromatic nitrogens is 2. The molecule has 1 spiro atoms. The topological polar surface area (TPSA) is 114 Å². The Bertz CT molecular complexity index is 1050. The summed E-state index contributed by atoms with van der Waals surface area (Å²) in [4.78, 5) is 46.1. The van der Waals surface area contributed by atoms with E-state index in [4.69, 9.17) is 5.73 Å². The first kappa shape index (κ1) is 20.3. The molecule has 30 heavy (non-hydrogen) atoms. The number of pyridine rings is 2. The van der Waals surface area contributed by atoms with Gasteiger partial charge in [-0.3, -0.25) is 19.0 Å². The Hall–Kier alpha value is -2.94. The van der Waals surface area contributed by atoms with Crippen molar-refractivity contribution in [3.8, 4) is 0 Å². The van der Waals surface area contributed by atoms with Gasteiger partial charge in [0.05, 0.1) is 0 Å². The van der Waals surface area contributed by atoms with E-state index in [1.807, 2.05) is 19.9 Å². The molecule has 1 saturated heterocycles. The summed E-state index contributed by atoms with van der Waals surface area (Å²) >= 11 is 0. The summed E-state index contributed by atoms with van der Waals surface area (Å²) in [5.74, 6) is -1.00. The van der Waals surface area contributed by atoms with Crippen LogP contribution in [-0.4, -0.2) is 64.5 Å². The molecule has 0 atom stereocenters. The summed E-state index contributed by atoms with van der Waals surface area (Å²) in [6.45, 7) is 7.21. The largest absolute Gasteiger partial charge is 0.368 e. The van der Waals surface area contributed by atoms with Gasteiger partial charge in [0, 0.05) is 55.5 Å². The van der Waals surface area contributed by atoms with Gasteiger partial charge in [-0.25, -0.2) is 4.98 Å². The maximum Gasteiger partial charge on any atom is 0.265 e. The van der Waals surface area contributed by atoms with E-state index in [0.29, 0.717) is 24.1 Å². The van der Waals surface area contributed by atoms with Crippen molar-refractivity contribution in [2.75, 3.05) is 37.6 Å². The zero-order valence-corrected chi connectivity index (χ0v) is 17.5. The molecule has 9 nitrogen and oxygen atoms in total. The average molecular weight is 412 g/mol. The van der Waals surface area contributed by atoms with E-state index >= 15 is 0 Å². The molecule has 2 fully saturated rings. The van der Waals surface area contributed by atoms with Gasteiger partial charge < -0.3 is 20.9 Å². The maximum absolute atomic E-state index is 13.0. The van der Waals surface area contributed by atoms with Gasteiger partial charge in [0.25, 0.3) is 11.5 Å². The maximum atomic E-state index is 13.0. The molecule has 2 aromatic heterocycles. The van der Waals surface area contributed by atoms with Crippen LogP contribution in [0.15, 0.2) is 23.1 Å². The molecule has 4 rings (SSSR count).